The number of rotatable bonds is 7. The van der Waals surface area contributed by atoms with Crippen LogP contribution in [-0.2, 0) is 9.47 Å². The number of fused-ring (bicyclic) bond motifs is 5. The fourth-order valence-corrected chi connectivity index (χ4v) is 11.9. The van der Waals surface area contributed by atoms with Crippen LogP contribution in [0.15, 0.2) is 11.6 Å². The van der Waals surface area contributed by atoms with Crippen molar-refractivity contribution in [3.63, 3.8) is 0 Å². The van der Waals surface area contributed by atoms with Gasteiger partial charge in [0.1, 0.15) is 12.2 Å². The van der Waals surface area contributed by atoms with E-state index < -0.39 is 36.3 Å². The lowest BCUT2D eigenvalue weighted by atomic mass is 9.35. The largest absolute Gasteiger partial charge is 0.394 e. The second-order valence-electron chi connectivity index (χ2n) is 17.2. The Labute approximate surface area is 260 Å². The van der Waals surface area contributed by atoms with Crippen LogP contribution in [0, 0.1) is 45.3 Å². The van der Waals surface area contributed by atoms with Crippen LogP contribution in [0.2, 0.25) is 0 Å². The molecule has 1 heterocycles. The van der Waals surface area contributed by atoms with Crippen molar-refractivity contribution in [3.05, 3.63) is 11.6 Å². The number of ether oxygens (including phenoxy) is 2. The average molecular weight is 607 g/mol. The molecule has 0 aromatic heterocycles. The van der Waals surface area contributed by atoms with Crippen LogP contribution >= 0.6 is 0 Å². The van der Waals surface area contributed by atoms with E-state index in [9.17, 15) is 25.5 Å². The third-order valence-corrected chi connectivity index (χ3v) is 14.4. The minimum Gasteiger partial charge on any atom is -0.394 e. The SMILES string of the molecule is CC(C)=CCCC(C)(O)C1CC[C@]2(C)[C@@H]1[C@H](O)CC1[C@@]3(C)CC[C@H](O[C@@H]4C[C@@H](O)[C@H](O)[C@@H](CO)O4)C(C)(C)[C@@H]3CC[C@]12C. The zero-order chi connectivity index (χ0) is 31.8. The van der Waals surface area contributed by atoms with Crippen molar-refractivity contribution in [3.8, 4) is 0 Å². The summed E-state index contributed by atoms with van der Waals surface area (Å²) in [5.41, 5.74) is 0.437. The smallest absolute Gasteiger partial charge is 0.161 e. The van der Waals surface area contributed by atoms with Crippen LogP contribution in [-0.4, -0.2) is 74.6 Å². The standard InChI is InChI=1S/C36H62O7/c1-21(2)10-9-14-36(8,41)22-11-16-35(7)30(22)23(38)18-27-33(5)15-13-28(32(3,4)26(33)12-17-34(27,35)6)43-29-19-24(39)31(40)25(20-37)42-29/h10,22-31,37-41H,9,11-20H2,1-8H3/t22?,23-,24-,25-,26+,27?,28+,29-,30+,31+,33+,34-,35-,36?/m1/s1. The quantitative estimate of drug-likeness (QED) is 0.196. The molecule has 3 unspecified atom stereocenters. The monoisotopic (exact) mass is 606 g/mol. The molecule has 0 bridgehead atoms. The predicted molar refractivity (Wildman–Crippen MR) is 167 cm³/mol. The Balaban J connectivity index is 1.36. The molecule has 1 saturated heterocycles. The van der Waals surface area contributed by atoms with Gasteiger partial charge < -0.3 is 35.0 Å². The van der Waals surface area contributed by atoms with Gasteiger partial charge in [0, 0.05) is 6.42 Å². The summed E-state index contributed by atoms with van der Waals surface area (Å²) >= 11 is 0. The number of allylic oxidation sites excluding steroid dienone is 2. The Morgan fingerprint density at radius 1 is 0.907 bits per heavy atom. The summed E-state index contributed by atoms with van der Waals surface area (Å²) in [5.74, 6) is 0.995. The van der Waals surface area contributed by atoms with Crippen LogP contribution in [0.5, 0.6) is 0 Å². The summed E-state index contributed by atoms with van der Waals surface area (Å²) in [5, 5.41) is 54.1. The molecule has 7 nitrogen and oxygen atoms in total. The molecule has 43 heavy (non-hydrogen) atoms. The lowest BCUT2D eigenvalue weighted by Gasteiger charge is -2.70. The average Bonchev–Trinajstić information content (AvgIpc) is 3.29. The van der Waals surface area contributed by atoms with Crippen LogP contribution in [0.3, 0.4) is 0 Å². The Hall–Kier alpha value is -0.540. The van der Waals surface area contributed by atoms with Gasteiger partial charge >= 0.3 is 0 Å². The van der Waals surface area contributed by atoms with E-state index in [2.05, 4.69) is 54.5 Å². The van der Waals surface area contributed by atoms with E-state index in [1.807, 2.05) is 6.92 Å². The molecule has 4 aliphatic carbocycles. The van der Waals surface area contributed by atoms with Crippen molar-refractivity contribution in [2.75, 3.05) is 6.61 Å². The Morgan fingerprint density at radius 2 is 1.58 bits per heavy atom. The molecule has 1 aliphatic heterocycles. The highest BCUT2D eigenvalue weighted by molar-refractivity contribution is 5.20. The molecule has 0 aromatic carbocycles. The molecule has 248 valence electrons. The van der Waals surface area contributed by atoms with Crippen molar-refractivity contribution in [2.24, 2.45) is 45.3 Å². The molecular weight excluding hydrogens is 544 g/mol. The normalized spacial score (nSPS) is 50.6. The molecule has 5 N–H and O–H groups in total. The maximum Gasteiger partial charge on any atom is 0.161 e. The van der Waals surface area contributed by atoms with Crippen LogP contribution in [0.25, 0.3) is 0 Å². The van der Waals surface area contributed by atoms with Gasteiger partial charge in [-0.15, -0.1) is 0 Å². The van der Waals surface area contributed by atoms with Crippen molar-refractivity contribution >= 4 is 0 Å². The molecule has 7 heteroatoms. The maximum absolute atomic E-state index is 12.0. The minimum absolute atomic E-state index is 0.0296. The molecule has 5 rings (SSSR count). The number of hydrogen-bond donors (Lipinski definition) is 5. The molecule has 5 aliphatic rings. The molecule has 0 radical (unpaired) electrons. The van der Waals surface area contributed by atoms with E-state index in [1.165, 1.54) is 5.57 Å². The van der Waals surface area contributed by atoms with Gasteiger partial charge in [0.05, 0.1) is 30.5 Å². The fraction of sp³-hybridized carbons (Fsp3) is 0.944. The van der Waals surface area contributed by atoms with E-state index >= 15 is 0 Å². The molecule has 5 fully saturated rings. The summed E-state index contributed by atoms with van der Waals surface area (Å²) in [6, 6.07) is 0. The van der Waals surface area contributed by atoms with E-state index in [0.717, 1.165) is 57.8 Å². The molecule has 0 aromatic rings. The molecular formula is C36H62O7. The third kappa shape index (κ3) is 5.39. The van der Waals surface area contributed by atoms with Gasteiger partial charge in [-0.2, -0.15) is 0 Å². The number of aliphatic hydroxyl groups is 5. The van der Waals surface area contributed by atoms with Gasteiger partial charge in [0.15, 0.2) is 6.29 Å². The van der Waals surface area contributed by atoms with Gasteiger partial charge in [0.25, 0.3) is 0 Å². The highest BCUT2D eigenvalue weighted by Crippen LogP contribution is 2.76. The van der Waals surface area contributed by atoms with Crippen molar-refractivity contribution in [1.29, 1.82) is 0 Å². The summed E-state index contributed by atoms with van der Waals surface area (Å²) in [6.45, 7) is 18.0. The van der Waals surface area contributed by atoms with Crippen molar-refractivity contribution in [1.82, 2.24) is 0 Å². The van der Waals surface area contributed by atoms with E-state index in [1.54, 1.807) is 0 Å². The summed E-state index contributed by atoms with van der Waals surface area (Å²) < 4.78 is 12.5. The Morgan fingerprint density at radius 3 is 2.23 bits per heavy atom. The van der Waals surface area contributed by atoms with E-state index in [0.29, 0.717) is 11.8 Å². The topological polar surface area (TPSA) is 120 Å². The Bertz CT molecular complexity index is 1040. The summed E-state index contributed by atoms with van der Waals surface area (Å²) in [7, 11) is 0. The lowest BCUT2D eigenvalue weighted by molar-refractivity contribution is -0.302. The molecule has 0 amide bonds. The highest BCUT2D eigenvalue weighted by Gasteiger charge is 2.71. The van der Waals surface area contributed by atoms with Gasteiger partial charge in [0.2, 0.25) is 0 Å². The van der Waals surface area contributed by atoms with Gasteiger partial charge in [-0.1, -0.05) is 46.3 Å². The van der Waals surface area contributed by atoms with Gasteiger partial charge in [-0.3, -0.25) is 0 Å². The van der Waals surface area contributed by atoms with Crippen LogP contribution in [0.1, 0.15) is 120 Å². The first-order valence-electron chi connectivity index (χ1n) is 17.2. The van der Waals surface area contributed by atoms with Gasteiger partial charge in [-0.25, -0.2) is 0 Å². The highest BCUT2D eigenvalue weighted by atomic mass is 16.7. The molecule has 4 saturated carbocycles. The second kappa shape index (κ2) is 11.6. The number of hydrogen-bond acceptors (Lipinski definition) is 7. The molecule has 0 spiro atoms. The van der Waals surface area contributed by atoms with E-state index in [4.69, 9.17) is 9.47 Å². The van der Waals surface area contributed by atoms with Crippen molar-refractivity contribution in [2.45, 2.75) is 162 Å². The zero-order valence-electron chi connectivity index (χ0n) is 28.2. The van der Waals surface area contributed by atoms with Crippen molar-refractivity contribution < 1.29 is 35.0 Å². The third-order valence-electron chi connectivity index (χ3n) is 14.4. The Kier molecular flexibility index (Phi) is 9.13. The maximum atomic E-state index is 12.0. The van der Waals surface area contributed by atoms with Crippen LogP contribution < -0.4 is 0 Å². The second-order valence-corrected chi connectivity index (χ2v) is 17.2. The first-order valence-corrected chi connectivity index (χ1v) is 17.2. The van der Waals surface area contributed by atoms with Gasteiger partial charge in [-0.05, 0) is 124 Å². The number of aliphatic hydroxyl groups excluding tert-OH is 4. The van der Waals surface area contributed by atoms with Crippen LogP contribution in [0.4, 0.5) is 0 Å². The summed E-state index contributed by atoms with van der Waals surface area (Å²) in [6.07, 6.45) is 6.84. The van der Waals surface area contributed by atoms with E-state index in [-0.39, 0.29) is 52.6 Å². The lowest BCUT2D eigenvalue weighted by Crippen LogP contribution is -2.67. The predicted octanol–water partition coefficient (Wildman–Crippen LogP) is 5.35. The first-order chi connectivity index (χ1) is 19.9. The fourth-order valence-electron chi connectivity index (χ4n) is 11.9. The molecule has 14 atom stereocenters. The first kappa shape index (κ1) is 33.8. The zero-order valence-corrected chi connectivity index (χ0v) is 28.2. The minimum atomic E-state index is -1.11. The summed E-state index contributed by atoms with van der Waals surface area (Å²) in [4.78, 5) is 0.